The van der Waals surface area contributed by atoms with E-state index in [1.165, 1.54) is 15.3 Å². The summed E-state index contributed by atoms with van der Waals surface area (Å²) in [6.45, 7) is 6.74. The van der Waals surface area contributed by atoms with E-state index < -0.39 is 0 Å². The minimum absolute atomic E-state index is 0.539. The topological polar surface area (TPSA) is 13.1 Å². The minimum Gasteiger partial charge on any atom is -0.472 e. The van der Waals surface area contributed by atoms with Crippen LogP contribution in [0.3, 0.4) is 0 Å². The summed E-state index contributed by atoms with van der Waals surface area (Å²) in [6, 6.07) is 6.57. The van der Waals surface area contributed by atoms with Gasteiger partial charge in [-0.25, -0.2) is 0 Å². The molecule has 0 saturated carbocycles. The second-order valence-corrected chi connectivity index (χ2v) is 5.82. The van der Waals surface area contributed by atoms with Gasteiger partial charge in [0.2, 0.25) is 0 Å². The molecule has 0 aliphatic heterocycles. The van der Waals surface area contributed by atoms with Crippen LogP contribution in [0.2, 0.25) is 0 Å². The average Bonchev–Trinajstić information content (AvgIpc) is 2.87. The zero-order chi connectivity index (χ0) is 11.5. The third-order valence-electron chi connectivity index (χ3n) is 2.87. The van der Waals surface area contributed by atoms with Gasteiger partial charge in [-0.3, -0.25) is 0 Å². The molecule has 1 unspecified atom stereocenters. The van der Waals surface area contributed by atoms with Crippen LogP contribution >= 0.6 is 11.3 Å². The molecule has 0 bridgehead atoms. The van der Waals surface area contributed by atoms with Crippen LogP contribution in [0, 0.1) is 0 Å². The number of thiophene rings is 1. The number of furan rings is 1. The summed E-state index contributed by atoms with van der Waals surface area (Å²) in [5, 5.41) is 0. The normalized spacial score (nSPS) is 13.2. The smallest absolute Gasteiger partial charge is 0.0937 e. The van der Waals surface area contributed by atoms with Crippen LogP contribution in [0.5, 0.6) is 0 Å². The van der Waals surface area contributed by atoms with E-state index in [0.29, 0.717) is 11.8 Å². The number of hydrogen-bond acceptors (Lipinski definition) is 2. The Labute approximate surface area is 101 Å². The van der Waals surface area contributed by atoms with Crippen molar-refractivity contribution in [2.24, 2.45) is 0 Å². The minimum atomic E-state index is 0.539. The van der Waals surface area contributed by atoms with Crippen LogP contribution in [0.4, 0.5) is 0 Å². The Balaban J connectivity index is 2.03. The number of rotatable bonds is 4. The third kappa shape index (κ3) is 2.56. The number of hydrogen-bond donors (Lipinski definition) is 0. The van der Waals surface area contributed by atoms with Crippen molar-refractivity contribution in [1.29, 1.82) is 0 Å². The molecule has 2 rings (SSSR count). The SMILES string of the molecule is CC(C)c1ccc(CC(C)c2ccoc2)s1. The molecule has 2 heteroatoms. The molecule has 0 amide bonds. The quantitative estimate of drug-likeness (QED) is 0.740. The Morgan fingerprint density at radius 3 is 2.56 bits per heavy atom. The fourth-order valence-electron chi connectivity index (χ4n) is 1.79. The van der Waals surface area contributed by atoms with E-state index in [-0.39, 0.29) is 0 Å². The summed E-state index contributed by atoms with van der Waals surface area (Å²) in [5.74, 6) is 1.18. The van der Waals surface area contributed by atoms with Crippen LogP contribution in [-0.2, 0) is 6.42 Å². The second kappa shape index (κ2) is 4.88. The molecule has 0 radical (unpaired) electrons. The molecule has 0 aliphatic carbocycles. The molecule has 0 saturated heterocycles. The lowest BCUT2D eigenvalue weighted by Gasteiger charge is -2.06. The van der Waals surface area contributed by atoms with Gasteiger partial charge in [0, 0.05) is 9.75 Å². The Kier molecular flexibility index (Phi) is 3.49. The summed E-state index contributed by atoms with van der Waals surface area (Å²) < 4.78 is 5.12. The van der Waals surface area contributed by atoms with Gasteiger partial charge in [-0.15, -0.1) is 11.3 Å². The second-order valence-electron chi connectivity index (χ2n) is 4.62. The highest BCUT2D eigenvalue weighted by Gasteiger charge is 2.10. The molecule has 0 aromatic carbocycles. The third-order valence-corrected chi connectivity index (χ3v) is 4.28. The monoisotopic (exact) mass is 234 g/mol. The predicted molar refractivity (Wildman–Crippen MR) is 69.2 cm³/mol. The first-order valence-electron chi connectivity index (χ1n) is 5.77. The Hall–Kier alpha value is -1.02. The highest BCUT2D eigenvalue weighted by molar-refractivity contribution is 7.12. The van der Waals surface area contributed by atoms with E-state index in [1.807, 2.05) is 17.6 Å². The van der Waals surface area contributed by atoms with Gasteiger partial charge in [-0.05, 0) is 42.0 Å². The van der Waals surface area contributed by atoms with Gasteiger partial charge in [0.15, 0.2) is 0 Å². The first kappa shape index (κ1) is 11.5. The fraction of sp³-hybridized carbons (Fsp3) is 0.429. The summed E-state index contributed by atoms with van der Waals surface area (Å²) in [5.41, 5.74) is 1.29. The van der Waals surface area contributed by atoms with E-state index in [2.05, 4.69) is 39.0 Å². The van der Waals surface area contributed by atoms with Crippen molar-refractivity contribution in [3.63, 3.8) is 0 Å². The highest BCUT2D eigenvalue weighted by Crippen LogP contribution is 2.28. The molecule has 1 atom stereocenters. The highest BCUT2D eigenvalue weighted by atomic mass is 32.1. The van der Waals surface area contributed by atoms with Gasteiger partial charge >= 0.3 is 0 Å². The maximum Gasteiger partial charge on any atom is 0.0937 e. The van der Waals surface area contributed by atoms with E-state index >= 15 is 0 Å². The Morgan fingerprint density at radius 2 is 2.00 bits per heavy atom. The zero-order valence-electron chi connectivity index (χ0n) is 10.1. The van der Waals surface area contributed by atoms with Crippen LogP contribution in [0.15, 0.2) is 35.1 Å². The molecule has 1 nitrogen and oxygen atoms in total. The van der Waals surface area contributed by atoms with Gasteiger partial charge in [0.1, 0.15) is 0 Å². The van der Waals surface area contributed by atoms with E-state index in [0.717, 1.165) is 6.42 Å². The van der Waals surface area contributed by atoms with Crippen LogP contribution in [0.25, 0.3) is 0 Å². The maximum absolute atomic E-state index is 5.12. The van der Waals surface area contributed by atoms with Crippen LogP contribution in [0.1, 0.15) is 47.9 Å². The van der Waals surface area contributed by atoms with E-state index in [1.54, 1.807) is 6.26 Å². The first-order valence-corrected chi connectivity index (χ1v) is 6.59. The molecule has 2 aromatic heterocycles. The van der Waals surface area contributed by atoms with Gasteiger partial charge in [-0.2, -0.15) is 0 Å². The van der Waals surface area contributed by atoms with Crippen LogP contribution in [-0.4, -0.2) is 0 Å². The van der Waals surface area contributed by atoms with Crippen molar-refractivity contribution in [2.45, 2.75) is 39.0 Å². The molecule has 2 heterocycles. The summed E-state index contributed by atoms with van der Waals surface area (Å²) in [6.07, 6.45) is 4.71. The van der Waals surface area contributed by atoms with Gasteiger partial charge in [0.25, 0.3) is 0 Å². The summed E-state index contributed by atoms with van der Waals surface area (Å²) in [4.78, 5) is 2.95. The molecule has 2 aromatic rings. The first-order chi connectivity index (χ1) is 7.66. The molecule has 0 spiro atoms. The zero-order valence-corrected chi connectivity index (χ0v) is 10.9. The summed E-state index contributed by atoms with van der Waals surface area (Å²) in [7, 11) is 0. The largest absolute Gasteiger partial charge is 0.472 e. The van der Waals surface area contributed by atoms with E-state index in [9.17, 15) is 0 Å². The van der Waals surface area contributed by atoms with Crippen molar-refractivity contribution in [3.8, 4) is 0 Å². The van der Waals surface area contributed by atoms with Crippen molar-refractivity contribution in [1.82, 2.24) is 0 Å². The molecule has 0 fully saturated rings. The lowest BCUT2D eigenvalue weighted by molar-refractivity contribution is 0.560. The van der Waals surface area contributed by atoms with Gasteiger partial charge < -0.3 is 4.42 Å². The van der Waals surface area contributed by atoms with Crippen molar-refractivity contribution in [3.05, 3.63) is 46.0 Å². The van der Waals surface area contributed by atoms with E-state index in [4.69, 9.17) is 4.42 Å². The lowest BCUT2D eigenvalue weighted by atomic mass is 10.0. The maximum atomic E-state index is 5.12. The molecule has 0 N–H and O–H groups in total. The Bertz CT molecular complexity index is 425. The Morgan fingerprint density at radius 1 is 1.19 bits per heavy atom. The molecule has 86 valence electrons. The molecular weight excluding hydrogens is 216 g/mol. The standard InChI is InChI=1S/C14H18OS/c1-10(2)14-5-4-13(16-14)8-11(3)12-6-7-15-9-12/h4-7,9-11H,8H2,1-3H3. The van der Waals surface area contributed by atoms with Crippen LogP contribution < -0.4 is 0 Å². The predicted octanol–water partition coefficient (Wildman–Crippen LogP) is 4.81. The van der Waals surface area contributed by atoms with Gasteiger partial charge in [-0.1, -0.05) is 20.8 Å². The summed E-state index contributed by atoms with van der Waals surface area (Å²) >= 11 is 1.94. The molecule has 16 heavy (non-hydrogen) atoms. The van der Waals surface area contributed by atoms with Crippen molar-refractivity contribution in [2.75, 3.05) is 0 Å². The molecule has 0 aliphatic rings. The van der Waals surface area contributed by atoms with Crippen molar-refractivity contribution >= 4 is 11.3 Å². The fourth-order valence-corrected chi connectivity index (χ4v) is 2.93. The average molecular weight is 234 g/mol. The lowest BCUT2D eigenvalue weighted by Crippen LogP contribution is -1.94. The van der Waals surface area contributed by atoms with Crippen molar-refractivity contribution < 1.29 is 4.42 Å². The van der Waals surface area contributed by atoms with Gasteiger partial charge in [0.05, 0.1) is 12.5 Å². The molecular formula is C14H18OS.